The topological polar surface area (TPSA) is 55.1 Å². The standard InChI is InChI=1S/C14H13F3N2O2/c15-14(16,17)13-18-10-6-2-5-9(12(20)21)11(10)19(13)7-8-3-1-4-8/h2,5-6,8H,1,3-4,7H2,(H,20,21). The molecular formula is C14H13F3N2O2. The van der Waals surface area contributed by atoms with Crippen LogP contribution in [0.4, 0.5) is 13.2 Å². The lowest BCUT2D eigenvalue weighted by Crippen LogP contribution is -2.23. The van der Waals surface area contributed by atoms with Gasteiger partial charge in [-0.15, -0.1) is 0 Å². The maximum absolute atomic E-state index is 13.2. The minimum absolute atomic E-state index is 0.0595. The van der Waals surface area contributed by atoms with Crippen LogP contribution in [-0.4, -0.2) is 20.6 Å². The first-order chi connectivity index (χ1) is 9.88. The van der Waals surface area contributed by atoms with E-state index in [1.54, 1.807) is 0 Å². The van der Waals surface area contributed by atoms with Crippen LogP contribution in [0.2, 0.25) is 0 Å². The molecule has 1 aromatic carbocycles. The van der Waals surface area contributed by atoms with Crippen LogP contribution in [-0.2, 0) is 12.7 Å². The highest BCUT2D eigenvalue weighted by Gasteiger charge is 2.39. The zero-order valence-corrected chi connectivity index (χ0v) is 11.0. The number of hydrogen-bond acceptors (Lipinski definition) is 2. The molecule has 21 heavy (non-hydrogen) atoms. The first kappa shape index (κ1) is 13.9. The van der Waals surface area contributed by atoms with Gasteiger partial charge in [0.05, 0.1) is 16.6 Å². The van der Waals surface area contributed by atoms with E-state index < -0.39 is 18.0 Å². The minimum atomic E-state index is -4.60. The van der Waals surface area contributed by atoms with E-state index >= 15 is 0 Å². The molecule has 0 unspecified atom stereocenters. The zero-order chi connectivity index (χ0) is 15.2. The second-order valence-corrected chi connectivity index (χ2v) is 5.32. The van der Waals surface area contributed by atoms with Crippen LogP contribution >= 0.6 is 0 Å². The Morgan fingerprint density at radius 1 is 1.38 bits per heavy atom. The van der Waals surface area contributed by atoms with Gasteiger partial charge in [-0.2, -0.15) is 13.2 Å². The lowest BCUT2D eigenvalue weighted by molar-refractivity contribution is -0.147. The largest absolute Gasteiger partial charge is 0.478 e. The number of para-hydroxylation sites is 1. The molecule has 0 radical (unpaired) electrons. The number of alkyl halides is 3. The van der Waals surface area contributed by atoms with Crippen LogP contribution in [0.5, 0.6) is 0 Å². The van der Waals surface area contributed by atoms with Crippen molar-refractivity contribution in [2.24, 2.45) is 5.92 Å². The second kappa shape index (κ2) is 4.75. The van der Waals surface area contributed by atoms with Gasteiger partial charge in [0.25, 0.3) is 0 Å². The Labute approximate surface area is 118 Å². The number of aromatic carboxylic acids is 1. The molecule has 0 saturated heterocycles. The van der Waals surface area contributed by atoms with Crippen LogP contribution < -0.4 is 0 Å². The molecule has 0 spiro atoms. The van der Waals surface area contributed by atoms with E-state index in [1.807, 2.05) is 0 Å². The first-order valence-electron chi connectivity index (χ1n) is 6.67. The van der Waals surface area contributed by atoms with Crippen molar-refractivity contribution < 1.29 is 23.1 Å². The lowest BCUT2D eigenvalue weighted by atomic mass is 9.85. The van der Waals surface area contributed by atoms with E-state index in [0.29, 0.717) is 0 Å². The number of nitrogens with zero attached hydrogens (tertiary/aromatic N) is 2. The van der Waals surface area contributed by atoms with Gasteiger partial charge in [-0.1, -0.05) is 12.5 Å². The molecule has 7 heteroatoms. The SMILES string of the molecule is O=C(O)c1cccc2nc(C(F)(F)F)n(CC3CCC3)c12. The normalized spacial score (nSPS) is 16.1. The highest BCUT2D eigenvalue weighted by molar-refractivity contribution is 6.01. The van der Waals surface area contributed by atoms with Crippen LogP contribution in [0.15, 0.2) is 18.2 Å². The third kappa shape index (κ3) is 2.36. The van der Waals surface area contributed by atoms with Crippen LogP contribution in [0.1, 0.15) is 35.4 Å². The Morgan fingerprint density at radius 2 is 2.10 bits per heavy atom. The summed E-state index contributed by atoms with van der Waals surface area (Å²) in [4.78, 5) is 14.9. The molecular weight excluding hydrogens is 285 g/mol. The van der Waals surface area contributed by atoms with Gasteiger partial charge >= 0.3 is 12.1 Å². The molecule has 0 atom stereocenters. The Kier molecular flexibility index (Phi) is 3.15. The van der Waals surface area contributed by atoms with Gasteiger partial charge < -0.3 is 9.67 Å². The predicted octanol–water partition coefficient (Wildman–Crippen LogP) is 3.55. The van der Waals surface area contributed by atoms with Crippen LogP contribution in [0.25, 0.3) is 11.0 Å². The Morgan fingerprint density at radius 3 is 2.62 bits per heavy atom. The zero-order valence-electron chi connectivity index (χ0n) is 11.0. The van der Waals surface area contributed by atoms with E-state index in [9.17, 15) is 23.1 Å². The van der Waals surface area contributed by atoms with Crippen molar-refractivity contribution in [2.75, 3.05) is 0 Å². The maximum Gasteiger partial charge on any atom is 0.449 e. The molecule has 2 aromatic rings. The van der Waals surface area contributed by atoms with Crippen molar-refractivity contribution in [3.05, 3.63) is 29.6 Å². The van der Waals surface area contributed by atoms with E-state index in [0.717, 1.165) is 23.8 Å². The average Bonchev–Trinajstić information content (AvgIpc) is 2.72. The minimum Gasteiger partial charge on any atom is -0.478 e. The number of rotatable bonds is 3. The number of fused-ring (bicyclic) bond motifs is 1. The number of halogens is 3. The summed E-state index contributed by atoms with van der Waals surface area (Å²) in [5.74, 6) is -2.10. The summed E-state index contributed by atoms with van der Waals surface area (Å²) in [6.07, 6.45) is -1.86. The average molecular weight is 298 g/mol. The molecule has 0 bridgehead atoms. The number of carboxylic acids is 1. The van der Waals surface area contributed by atoms with Crippen LogP contribution in [0, 0.1) is 5.92 Å². The Hall–Kier alpha value is -2.05. The number of carboxylic acid groups (broad SMARTS) is 1. The van der Waals surface area contributed by atoms with Crippen molar-refractivity contribution in [1.29, 1.82) is 0 Å². The fourth-order valence-electron chi connectivity index (χ4n) is 2.69. The quantitative estimate of drug-likeness (QED) is 0.942. The Bertz CT molecular complexity index is 702. The second-order valence-electron chi connectivity index (χ2n) is 5.32. The maximum atomic E-state index is 13.2. The van der Waals surface area contributed by atoms with E-state index in [-0.39, 0.29) is 29.1 Å². The number of aromatic nitrogens is 2. The third-order valence-corrected chi connectivity index (χ3v) is 3.92. The fraction of sp³-hybridized carbons (Fsp3) is 0.429. The lowest BCUT2D eigenvalue weighted by Gasteiger charge is -2.27. The van der Waals surface area contributed by atoms with Gasteiger partial charge in [0, 0.05) is 6.54 Å². The number of hydrogen-bond donors (Lipinski definition) is 1. The van der Waals surface area contributed by atoms with Gasteiger partial charge in [0.15, 0.2) is 0 Å². The van der Waals surface area contributed by atoms with Crippen molar-refractivity contribution in [2.45, 2.75) is 32.0 Å². The van der Waals surface area contributed by atoms with Gasteiger partial charge in [-0.25, -0.2) is 9.78 Å². The highest BCUT2D eigenvalue weighted by atomic mass is 19.4. The Balaban J connectivity index is 2.23. The molecule has 1 heterocycles. The number of carbonyl (C=O) groups is 1. The first-order valence-corrected chi connectivity index (χ1v) is 6.67. The summed E-state index contributed by atoms with van der Waals surface area (Å²) < 4.78 is 40.5. The van der Waals surface area contributed by atoms with Gasteiger partial charge in [-0.3, -0.25) is 0 Å². The molecule has 4 nitrogen and oxygen atoms in total. The number of imidazole rings is 1. The van der Waals surface area contributed by atoms with Gasteiger partial charge in [0.1, 0.15) is 0 Å². The molecule has 1 fully saturated rings. The van der Waals surface area contributed by atoms with Gasteiger partial charge in [0.2, 0.25) is 5.82 Å². The predicted molar refractivity (Wildman–Crippen MR) is 69.0 cm³/mol. The molecule has 0 amide bonds. The monoisotopic (exact) mass is 298 g/mol. The summed E-state index contributed by atoms with van der Waals surface area (Å²) in [6.45, 7) is 0.162. The van der Waals surface area contributed by atoms with Crippen LogP contribution in [0.3, 0.4) is 0 Å². The van der Waals surface area contributed by atoms with E-state index in [2.05, 4.69) is 4.98 Å². The van der Waals surface area contributed by atoms with E-state index in [4.69, 9.17) is 0 Å². The highest BCUT2D eigenvalue weighted by Crippen LogP contribution is 2.36. The molecule has 1 aliphatic carbocycles. The van der Waals surface area contributed by atoms with Crippen molar-refractivity contribution in [3.8, 4) is 0 Å². The van der Waals surface area contributed by atoms with Crippen molar-refractivity contribution in [1.82, 2.24) is 9.55 Å². The molecule has 3 rings (SSSR count). The third-order valence-electron chi connectivity index (χ3n) is 3.92. The fourth-order valence-corrected chi connectivity index (χ4v) is 2.69. The van der Waals surface area contributed by atoms with Crippen molar-refractivity contribution >= 4 is 17.0 Å². The summed E-state index contributed by atoms with van der Waals surface area (Å²) >= 11 is 0. The summed E-state index contributed by atoms with van der Waals surface area (Å²) in [5, 5.41) is 9.20. The number of benzene rings is 1. The summed E-state index contributed by atoms with van der Waals surface area (Å²) in [5.41, 5.74) is -0.0133. The molecule has 1 aliphatic rings. The smallest absolute Gasteiger partial charge is 0.449 e. The van der Waals surface area contributed by atoms with Gasteiger partial charge in [-0.05, 0) is 30.9 Å². The molecule has 0 aliphatic heterocycles. The summed E-state index contributed by atoms with van der Waals surface area (Å²) in [7, 11) is 0. The molecule has 1 aromatic heterocycles. The molecule has 112 valence electrons. The van der Waals surface area contributed by atoms with Crippen molar-refractivity contribution in [3.63, 3.8) is 0 Å². The molecule has 1 N–H and O–H groups in total. The summed E-state index contributed by atoms with van der Waals surface area (Å²) in [6, 6.07) is 4.13. The van der Waals surface area contributed by atoms with E-state index in [1.165, 1.54) is 18.2 Å². The molecule has 1 saturated carbocycles.